The number of carbonyl (C=O) groups is 3. The molecule has 0 radical (unpaired) electrons. The predicted molar refractivity (Wildman–Crippen MR) is 108 cm³/mol. The molecular weight excluding hydrogens is 517 g/mol. The molecule has 1 saturated heterocycles. The van der Waals surface area contributed by atoms with Gasteiger partial charge in [-0.2, -0.15) is 0 Å². The van der Waals surface area contributed by atoms with Gasteiger partial charge in [-0.25, -0.2) is 13.2 Å². The summed E-state index contributed by atoms with van der Waals surface area (Å²) < 4.78 is 41.3. The van der Waals surface area contributed by atoms with Crippen LogP contribution in [0.25, 0.3) is 0 Å². The molecule has 11 heteroatoms. The average molecular weight is 535 g/mol. The number of amides is 1. The lowest BCUT2D eigenvalue weighted by molar-refractivity contribution is -0.164. The normalized spacial score (nSPS) is 22.6. The van der Waals surface area contributed by atoms with E-state index in [0.717, 1.165) is 21.0 Å². The molecule has 1 aromatic carbocycles. The lowest BCUT2D eigenvalue weighted by atomic mass is 10.1. The van der Waals surface area contributed by atoms with E-state index in [1.165, 1.54) is 7.11 Å². The maximum absolute atomic E-state index is 12.8. The Morgan fingerprint density at radius 2 is 1.97 bits per heavy atom. The highest BCUT2D eigenvalue weighted by molar-refractivity contribution is 14.1. The number of β-lactam (4-membered cyclic amide) rings is 1. The molecule has 29 heavy (non-hydrogen) atoms. The Kier molecular flexibility index (Phi) is 6.29. The average Bonchev–Trinajstić information content (AvgIpc) is 2.64. The van der Waals surface area contributed by atoms with Crippen molar-refractivity contribution in [3.8, 4) is 0 Å². The first-order chi connectivity index (χ1) is 13.7. The smallest absolute Gasteiger partial charge is 0.355 e. The molecule has 156 valence electrons. The van der Waals surface area contributed by atoms with Crippen LogP contribution in [-0.2, 0) is 45.0 Å². The zero-order valence-corrected chi connectivity index (χ0v) is 18.6. The highest BCUT2D eigenvalue weighted by Crippen LogP contribution is 2.38. The van der Waals surface area contributed by atoms with Crippen molar-refractivity contribution < 1.29 is 37.0 Å². The number of methoxy groups -OCH3 is 1. The fourth-order valence-electron chi connectivity index (χ4n) is 3.19. The van der Waals surface area contributed by atoms with Gasteiger partial charge in [0.1, 0.15) is 18.9 Å². The van der Waals surface area contributed by atoms with Crippen LogP contribution in [0.4, 0.5) is 0 Å². The van der Waals surface area contributed by atoms with E-state index in [0.29, 0.717) is 0 Å². The van der Waals surface area contributed by atoms with Crippen LogP contribution in [0.1, 0.15) is 12.5 Å². The van der Waals surface area contributed by atoms with Crippen LogP contribution < -0.4 is 0 Å². The number of fused-ring (bicyclic) bond motifs is 1. The minimum Gasteiger partial charge on any atom is -0.461 e. The second-order valence-electron chi connectivity index (χ2n) is 6.50. The van der Waals surface area contributed by atoms with Crippen molar-refractivity contribution in [1.29, 1.82) is 0 Å². The van der Waals surface area contributed by atoms with Gasteiger partial charge in [0.25, 0.3) is 5.91 Å². The van der Waals surface area contributed by atoms with Gasteiger partial charge in [0.15, 0.2) is 21.3 Å². The van der Waals surface area contributed by atoms with Gasteiger partial charge >= 0.3 is 11.9 Å². The number of rotatable bonds is 6. The Balaban J connectivity index is 1.91. The van der Waals surface area contributed by atoms with E-state index in [-0.39, 0.29) is 17.9 Å². The van der Waals surface area contributed by atoms with Crippen LogP contribution in [0.15, 0.2) is 35.5 Å². The molecule has 3 rings (SSSR count). The van der Waals surface area contributed by atoms with Crippen molar-refractivity contribution in [3.05, 3.63) is 44.7 Å². The van der Waals surface area contributed by atoms with Gasteiger partial charge in [0, 0.05) is 23.2 Å². The summed E-state index contributed by atoms with van der Waals surface area (Å²) >= 11 is 2.12. The molecule has 0 saturated carbocycles. The maximum Gasteiger partial charge on any atom is 0.355 e. The van der Waals surface area contributed by atoms with E-state index in [9.17, 15) is 22.8 Å². The third kappa shape index (κ3) is 4.31. The Morgan fingerprint density at radius 3 is 2.59 bits per heavy atom. The highest BCUT2D eigenvalue weighted by atomic mass is 127. The molecule has 9 nitrogen and oxygen atoms in total. The van der Waals surface area contributed by atoms with Crippen LogP contribution in [-0.4, -0.2) is 62.1 Å². The largest absolute Gasteiger partial charge is 0.461 e. The number of benzene rings is 1. The fourth-order valence-corrected chi connectivity index (χ4v) is 5.81. The fraction of sp³-hybridized carbons (Fsp3) is 0.389. The monoisotopic (exact) mass is 535 g/mol. The lowest BCUT2D eigenvalue weighted by Crippen LogP contribution is -2.70. The lowest BCUT2D eigenvalue weighted by Gasteiger charge is -2.48. The number of halogens is 1. The summed E-state index contributed by atoms with van der Waals surface area (Å²) in [5.41, 5.74) is 0.513. The van der Waals surface area contributed by atoms with Crippen molar-refractivity contribution >= 4 is 50.3 Å². The summed E-state index contributed by atoms with van der Waals surface area (Å²) in [6.07, 6.45) is -1.19. The molecule has 1 fully saturated rings. The van der Waals surface area contributed by atoms with Crippen molar-refractivity contribution in [3.63, 3.8) is 0 Å². The van der Waals surface area contributed by atoms with Gasteiger partial charge in [-0.3, -0.25) is 14.5 Å². The number of hydrogen-bond acceptors (Lipinski definition) is 8. The second-order valence-corrected chi connectivity index (χ2v) is 9.84. The van der Waals surface area contributed by atoms with Gasteiger partial charge in [0.05, 0.1) is 5.75 Å². The van der Waals surface area contributed by atoms with E-state index in [4.69, 9.17) is 14.2 Å². The quantitative estimate of drug-likeness (QED) is 0.298. The molecule has 0 spiro atoms. The van der Waals surface area contributed by atoms with Crippen molar-refractivity contribution in [2.75, 3.05) is 19.5 Å². The first-order valence-electron chi connectivity index (χ1n) is 8.50. The van der Waals surface area contributed by atoms with E-state index in [1.54, 1.807) is 6.07 Å². The Labute approximate surface area is 181 Å². The van der Waals surface area contributed by atoms with Crippen LogP contribution in [0.3, 0.4) is 0 Å². The Bertz CT molecular complexity index is 1000. The van der Waals surface area contributed by atoms with Gasteiger partial charge in [-0.05, 0) is 40.3 Å². The number of hydrogen-bond donors (Lipinski definition) is 0. The van der Waals surface area contributed by atoms with E-state index < -0.39 is 51.5 Å². The molecule has 1 aromatic rings. The van der Waals surface area contributed by atoms with E-state index in [1.807, 2.05) is 18.2 Å². The molecule has 2 atom stereocenters. The maximum atomic E-state index is 12.8. The van der Waals surface area contributed by atoms with Crippen molar-refractivity contribution in [2.24, 2.45) is 0 Å². The minimum absolute atomic E-state index is 0.00741. The molecule has 0 bridgehead atoms. The van der Waals surface area contributed by atoms with Crippen LogP contribution in [0.5, 0.6) is 0 Å². The number of sulfone groups is 1. The minimum atomic E-state index is -3.83. The van der Waals surface area contributed by atoms with Gasteiger partial charge in [-0.15, -0.1) is 0 Å². The molecule has 1 amide bonds. The van der Waals surface area contributed by atoms with Crippen LogP contribution in [0, 0.1) is 3.57 Å². The molecule has 0 unspecified atom stereocenters. The first-order valence-corrected chi connectivity index (χ1v) is 11.3. The molecule has 0 aromatic heterocycles. The molecule has 2 heterocycles. The molecule has 2 aliphatic rings. The van der Waals surface area contributed by atoms with Crippen molar-refractivity contribution in [1.82, 2.24) is 4.90 Å². The van der Waals surface area contributed by atoms with Crippen LogP contribution in [0.2, 0.25) is 0 Å². The summed E-state index contributed by atoms with van der Waals surface area (Å²) in [5.74, 6) is -2.72. The predicted octanol–water partition coefficient (Wildman–Crippen LogP) is 0.763. The number of ether oxygens (including phenoxy) is 3. The summed E-state index contributed by atoms with van der Waals surface area (Å²) in [5, 5.41) is -1.30. The van der Waals surface area contributed by atoms with Gasteiger partial charge < -0.3 is 14.2 Å². The Morgan fingerprint density at radius 1 is 1.24 bits per heavy atom. The Hall–Kier alpha value is -1.99. The highest BCUT2D eigenvalue weighted by Gasteiger charge is 2.60. The summed E-state index contributed by atoms with van der Waals surface area (Å²) in [7, 11) is -2.61. The first kappa shape index (κ1) is 21.7. The third-order valence-corrected chi connectivity index (χ3v) is 7.09. The summed E-state index contributed by atoms with van der Waals surface area (Å²) in [4.78, 5) is 37.3. The van der Waals surface area contributed by atoms with Crippen molar-refractivity contribution in [2.45, 2.75) is 25.0 Å². The molecular formula is C18H18INO8S. The third-order valence-electron chi connectivity index (χ3n) is 4.47. The standard InChI is InChI=1S/C18H18INO8S/c1-10(21)27-8-12-9-29(24,25)17-15(26-2)16(22)20(17)14(12)18(23)28-7-11-4-3-5-13(19)6-11/h3-6,15,17H,7-9H2,1-2H3/t15-,17+/m0/s1. The summed E-state index contributed by atoms with van der Waals surface area (Å²) in [6.45, 7) is 0.662. The van der Waals surface area contributed by atoms with Gasteiger partial charge in [-0.1, -0.05) is 12.1 Å². The SMILES string of the molecule is CO[C@H]1C(=O)N2C(C(=O)OCc3cccc(I)c3)=C(COC(C)=O)CS(=O)(=O)[C@H]12. The van der Waals surface area contributed by atoms with E-state index in [2.05, 4.69) is 22.6 Å². The molecule has 0 aliphatic carbocycles. The molecule has 2 aliphatic heterocycles. The zero-order valence-electron chi connectivity index (χ0n) is 15.6. The van der Waals surface area contributed by atoms with E-state index >= 15 is 0 Å². The zero-order chi connectivity index (χ0) is 21.3. The number of esters is 2. The number of carbonyl (C=O) groups excluding carboxylic acids is 3. The van der Waals surface area contributed by atoms with Crippen LogP contribution >= 0.6 is 22.6 Å². The molecule has 0 N–H and O–H groups in total. The summed E-state index contributed by atoms with van der Waals surface area (Å²) in [6, 6.07) is 7.28. The second kappa shape index (κ2) is 8.40. The topological polar surface area (TPSA) is 116 Å². The number of nitrogens with zero attached hydrogens (tertiary/aromatic N) is 1. The van der Waals surface area contributed by atoms with Gasteiger partial charge in [0.2, 0.25) is 0 Å².